The summed E-state index contributed by atoms with van der Waals surface area (Å²) in [7, 11) is 0. The van der Waals surface area contributed by atoms with Crippen LogP contribution in [0.3, 0.4) is 0 Å². The van der Waals surface area contributed by atoms with E-state index in [0.29, 0.717) is 33.7 Å². The van der Waals surface area contributed by atoms with Gasteiger partial charge in [-0.3, -0.25) is 9.89 Å². The predicted molar refractivity (Wildman–Crippen MR) is 113 cm³/mol. The van der Waals surface area contributed by atoms with Gasteiger partial charge in [-0.1, -0.05) is 41.9 Å². The van der Waals surface area contributed by atoms with Gasteiger partial charge in [0.25, 0.3) is 5.56 Å². The summed E-state index contributed by atoms with van der Waals surface area (Å²) >= 11 is 6.21. The molecule has 9 heteroatoms. The molecule has 0 bridgehead atoms. The lowest BCUT2D eigenvalue weighted by atomic mass is 10.1. The van der Waals surface area contributed by atoms with E-state index in [4.69, 9.17) is 21.8 Å². The Balaban J connectivity index is 1.81. The van der Waals surface area contributed by atoms with Crippen molar-refractivity contribution in [3.63, 3.8) is 0 Å². The van der Waals surface area contributed by atoms with Crippen molar-refractivity contribution < 1.29 is 4.42 Å². The van der Waals surface area contributed by atoms with Crippen LogP contribution in [-0.4, -0.2) is 19.6 Å². The van der Waals surface area contributed by atoms with Crippen LogP contribution in [0.15, 0.2) is 51.7 Å². The number of aromatic amines is 1. The van der Waals surface area contributed by atoms with Crippen LogP contribution in [0.5, 0.6) is 0 Å². The van der Waals surface area contributed by atoms with Crippen LogP contribution in [0, 0.1) is 18.3 Å². The van der Waals surface area contributed by atoms with Gasteiger partial charge in [-0.25, -0.2) is 9.97 Å². The van der Waals surface area contributed by atoms with Gasteiger partial charge in [-0.2, -0.15) is 9.78 Å². The number of nitriles is 1. The average Bonchev–Trinajstić information content (AvgIpc) is 3.33. The van der Waals surface area contributed by atoms with E-state index >= 15 is 0 Å². The summed E-state index contributed by atoms with van der Waals surface area (Å²) in [5.41, 5.74) is 9.00. The second kappa shape index (κ2) is 6.47. The number of halogens is 1. The number of benzene rings is 2. The maximum Gasteiger partial charge on any atom is 0.285 e. The van der Waals surface area contributed by atoms with Crippen molar-refractivity contribution in [3.8, 4) is 28.7 Å². The monoisotopic (exact) mass is 416 g/mol. The summed E-state index contributed by atoms with van der Waals surface area (Å²) in [6.45, 7) is 1.69. The minimum atomic E-state index is -0.438. The van der Waals surface area contributed by atoms with E-state index in [-0.39, 0.29) is 22.2 Å². The second-order valence-corrected chi connectivity index (χ2v) is 7.09. The molecule has 0 unspecified atom stereocenters. The third kappa shape index (κ3) is 2.50. The highest BCUT2D eigenvalue weighted by Gasteiger charge is 2.23. The first-order chi connectivity index (χ1) is 14.5. The molecule has 3 aromatic heterocycles. The van der Waals surface area contributed by atoms with Gasteiger partial charge in [0.05, 0.1) is 16.9 Å². The van der Waals surface area contributed by atoms with Crippen LogP contribution < -0.4 is 11.3 Å². The first-order valence-corrected chi connectivity index (χ1v) is 9.33. The fraction of sp³-hybridized carbons (Fsp3) is 0.0476. The van der Waals surface area contributed by atoms with Crippen LogP contribution in [0.2, 0.25) is 5.02 Å². The summed E-state index contributed by atoms with van der Waals surface area (Å²) in [6, 6.07) is 14.7. The number of aryl methyl sites for hydroxylation is 1. The first kappa shape index (κ1) is 18.0. The van der Waals surface area contributed by atoms with Crippen molar-refractivity contribution in [2.24, 2.45) is 0 Å². The Kier molecular flexibility index (Phi) is 3.88. The molecule has 5 rings (SSSR count). The number of nitrogens with one attached hydrogen (secondary N) is 1. The Morgan fingerprint density at radius 3 is 2.67 bits per heavy atom. The first-order valence-electron chi connectivity index (χ1n) is 8.95. The molecule has 3 N–H and O–H groups in total. The third-order valence-corrected chi connectivity index (χ3v) is 5.27. The molecule has 0 saturated carbocycles. The molecular weight excluding hydrogens is 404 g/mol. The molecule has 30 heavy (non-hydrogen) atoms. The van der Waals surface area contributed by atoms with Crippen LogP contribution >= 0.6 is 11.6 Å². The predicted octanol–water partition coefficient (Wildman–Crippen LogP) is 3.91. The lowest BCUT2D eigenvalue weighted by molar-refractivity contribution is 0.616. The van der Waals surface area contributed by atoms with E-state index in [0.717, 1.165) is 5.56 Å². The number of oxazole rings is 1. The summed E-state index contributed by atoms with van der Waals surface area (Å²) in [6.07, 6.45) is 0. The molecule has 146 valence electrons. The number of rotatable bonds is 2. The van der Waals surface area contributed by atoms with Gasteiger partial charge in [0.1, 0.15) is 27.9 Å². The highest BCUT2D eigenvalue weighted by atomic mass is 35.5. The summed E-state index contributed by atoms with van der Waals surface area (Å²) < 4.78 is 7.00. The Bertz CT molecular complexity index is 1560. The summed E-state index contributed by atoms with van der Waals surface area (Å²) in [4.78, 5) is 22.3. The van der Waals surface area contributed by atoms with Gasteiger partial charge in [-0.05, 0) is 24.6 Å². The molecule has 8 nitrogen and oxygen atoms in total. The van der Waals surface area contributed by atoms with Gasteiger partial charge in [-0.15, -0.1) is 0 Å². The number of fused-ring (bicyclic) bond motifs is 2. The number of nitrogens with zero attached hydrogens (tertiary/aromatic N) is 4. The van der Waals surface area contributed by atoms with Crippen molar-refractivity contribution in [1.82, 2.24) is 19.6 Å². The molecule has 0 radical (unpaired) electrons. The molecule has 0 aliphatic rings. The molecule has 0 aliphatic carbocycles. The van der Waals surface area contributed by atoms with Crippen LogP contribution in [0.4, 0.5) is 5.69 Å². The van der Waals surface area contributed by atoms with Crippen molar-refractivity contribution in [1.29, 1.82) is 5.26 Å². The van der Waals surface area contributed by atoms with Crippen molar-refractivity contribution in [2.45, 2.75) is 6.92 Å². The Labute approximate surface area is 174 Å². The van der Waals surface area contributed by atoms with Gasteiger partial charge in [0, 0.05) is 0 Å². The normalized spacial score (nSPS) is 11.2. The van der Waals surface area contributed by atoms with Gasteiger partial charge in [0.2, 0.25) is 5.89 Å². The van der Waals surface area contributed by atoms with Gasteiger partial charge >= 0.3 is 0 Å². The largest absolute Gasteiger partial charge is 0.434 e. The Hall–Kier alpha value is -4.09. The zero-order valence-electron chi connectivity index (χ0n) is 15.6. The van der Waals surface area contributed by atoms with Crippen LogP contribution in [-0.2, 0) is 0 Å². The molecule has 0 saturated heterocycles. The van der Waals surface area contributed by atoms with E-state index in [2.05, 4.69) is 21.1 Å². The van der Waals surface area contributed by atoms with Crippen molar-refractivity contribution >= 4 is 34.0 Å². The molecule has 0 fully saturated rings. The molecule has 3 heterocycles. The highest BCUT2D eigenvalue weighted by Crippen LogP contribution is 2.33. The number of nitrogen functional groups attached to an aromatic ring is 1. The smallest absolute Gasteiger partial charge is 0.285 e. The summed E-state index contributed by atoms with van der Waals surface area (Å²) in [5, 5.41) is 12.7. The maximum absolute atomic E-state index is 13.3. The number of nitrogens with two attached hydrogens (primary N) is 1. The molecule has 0 amide bonds. The maximum atomic E-state index is 13.3. The number of anilines is 1. The topological polar surface area (TPSA) is 126 Å². The van der Waals surface area contributed by atoms with Crippen molar-refractivity contribution in [2.75, 3.05) is 5.73 Å². The second-order valence-electron chi connectivity index (χ2n) is 6.71. The van der Waals surface area contributed by atoms with E-state index in [1.807, 2.05) is 30.3 Å². The molecule has 0 aliphatic heterocycles. The standard InChI is InChI=1S/C21H13ClN6O2/c1-10-15(20-26-13-8-7-12(24)17(22)18(13)30-20)21(29)28-19(25-10)16(14(9-23)27-28)11-5-3-2-4-6-11/h2-8,27H,24H2,1H3. The van der Waals surface area contributed by atoms with E-state index in [9.17, 15) is 10.1 Å². The van der Waals surface area contributed by atoms with Gasteiger partial charge in [0.15, 0.2) is 11.2 Å². The molecule has 2 aromatic carbocycles. The van der Waals surface area contributed by atoms with Gasteiger partial charge < -0.3 is 10.2 Å². The minimum absolute atomic E-state index is 0.0799. The van der Waals surface area contributed by atoms with E-state index < -0.39 is 5.56 Å². The van der Waals surface area contributed by atoms with E-state index in [1.165, 1.54) is 4.52 Å². The molecular formula is C21H13ClN6O2. The average molecular weight is 417 g/mol. The number of aromatic nitrogens is 4. The minimum Gasteiger partial charge on any atom is -0.434 e. The van der Waals surface area contributed by atoms with Crippen molar-refractivity contribution in [3.05, 3.63) is 69.2 Å². The molecule has 0 spiro atoms. The Morgan fingerprint density at radius 1 is 1.17 bits per heavy atom. The highest BCUT2D eigenvalue weighted by molar-refractivity contribution is 6.37. The quantitative estimate of drug-likeness (QED) is 0.420. The number of hydrogen-bond acceptors (Lipinski definition) is 6. The summed E-state index contributed by atoms with van der Waals surface area (Å²) in [5.74, 6) is 0.0799. The third-order valence-electron chi connectivity index (χ3n) is 4.88. The SMILES string of the molecule is Cc1nc2c(-c3ccccc3)c(C#N)[nH]n2c(=O)c1-c1nc2ccc(N)c(Cl)c2o1. The van der Waals surface area contributed by atoms with Crippen LogP contribution in [0.25, 0.3) is 39.3 Å². The Morgan fingerprint density at radius 2 is 1.93 bits per heavy atom. The lowest BCUT2D eigenvalue weighted by Gasteiger charge is -2.03. The van der Waals surface area contributed by atoms with Crippen LogP contribution in [0.1, 0.15) is 11.4 Å². The fourth-order valence-electron chi connectivity index (χ4n) is 3.47. The zero-order valence-corrected chi connectivity index (χ0v) is 16.4. The van der Waals surface area contributed by atoms with E-state index in [1.54, 1.807) is 19.1 Å². The zero-order chi connectivity index (χ0) is 21.0. The number of hydrogen-bond donors (Lipinski definition) is 2. The molecule has 0 atom stereocenters. The fourth-order valence-corrected chi connectivity index (χ4v) is 3.66. The molecule has 5 aromatic rings. The lowest BCUT2D eigenvalue weighted by Crippen LogP contribution is -2.19. The number of H-pyrrole nitrogens is 1.